The Hall–Kier alpha value is -3.73. The van der Waals surface area contributed by atoms with Crippen LogP contribution in [0.15, 0.2) is 77.6 Å². The topological polar surface area (TPSA) is 55.2 Å². The summed E-state index contributed by atoms with van der Waals surface area (Å²) >= 11 is 0. The highest BCUT2D eigenvalue weighted by molar-refractivity contribution is 6.07. The molecule has 1 atom stereocenters. The summed E-state index contributed by atoms with van der Waals surface area (Å²) in [5.41, 5.74) is 4.04. The maximum Gasteiger partial charge on any atom is 0.265 e. The zero-order valence-electron chi connectivity index (χ0n) is 16.9. The summed E-state index contributed by atoms with van der Waals surface area (Å²) in [4.78, 5) is 32.6. The van der Waals surface area contributed by atoms with Crippen LogP contribution in [0.25, 0.3) is 16.6 Å². The number of hydrogen-bond acceptors (Lipinski definition) is 3. The van der Waals surface area contributed by atoms with Crippen LogP contribution in [0.3, 0.4) is 0 Å². The molecule has 0 N–H and O–H groups in total. The summed E-state index contributed by atoms with van der Waals surface area (Å²) in [5, 5.41) is 0.575. The van der Waals surface area contributed by atoms with Crippen molar-refractivity contribution < 1.29 is 4.79 Å². The van der Waals surface area contributed by atoms with Crippen molar-refractivity contribution in [2.24, 2.45) is 0 Å². The smallest absolute Gasteiger partial charge is 0.265 e. The summed E-state index contributed by atoms with van der Waals surface area (Å²) < 4.78 is 1.59. The fourth-order valence-corrected chi connectivity index (χ4v) is 4.31. The summed E-state index contributed by atoms with van der Waals surface area (Å²) in [7, 11) is 0. The Morgan fingerprint density at radius 3 is 2.47 bits per heavy atom. The number of hydrogen-bond donors (Lipinski definition) is 0. The van der Waals surface area contributed by atoms with Crippen LogP contribution in [-0.2, 0) is 6.42 Å². The highest BCUT2D eigenvalue weighted by Crippen LogP contribution is 2.33. The first kappa shape index (κ1) is 18.3. The zero-order chi connectivity index (χ0) is 20.8. The average molecular weight is 395 g/mol. The third kappa shape index (κ3) is 2.82. The summed E-state index contributed by atoms with van der Waals surface area (Å²) in [6.45, 7) is 3.88. The predicted octanol–water partition coefficient (Wildman–Crippen LogP) is 4.29. The fraction of sp³-hybridized carbons (Fsp3) is 0.160. The van der Waals surface area contributed by atoms with Crippen LogP contribution in [0.5, 0.6) is 0 Å². The minimum atomic E-state index is -0.112. The Morgan fingerprint density at radius 2 is 1.67 bits per heavy atom. The molecule has 0 bridgehead atoms. The van der Waals surface area contributed by atoms with Gasteiger partial charge in [0.25, 0.3) is 11.5 Å². The van der Waals surface area contributed by atoms with E-state index in [2.05, 4.69) is 18.0 Å². The number of benzene rings is 3. The maximum atomic E-state index is 13.2. The Kier molecular flexibility index (Phi) is 4.24. The van der Waals surface area contributed by atoms with Gasteiger partial charge in [-0.25, -0.2) is 4.98 Å². The van der Waals surface area contributed by atoms with Crippen molar-refractivity contribution in [2.75, 3.05) is 4.90 Å². The Morgan fingerprint density at radius 1 is 0.967 bits per heavy atom. The number of carbonyl (C=O) groups is 1. The molecule has 1 aliphatic rings. The Bertz CT molecular complexity index is 1340. The lowest BCUT2D eigenvalue weighted by Crippen LogP contribution is -2.35. The first-order valence-corrected chi connectivity index (χ1v) is 10.0. The molecule has 1 unspecified atom stereocenters. The third-order valence-electron chi connectivity index (χ3n) is 5.74. The maximum absolute atomic E-state index is 13.2. The van der Waals surface area contributed by atoms with Gasteiger partial charge in [0, 0.05) is 17.3 Å². The van der Waals surface area contributed by atoms with Crippen molar-refractivity contribution in [2.45, 2.75) is 26.3 Å². The molecule has 5 heteroatoms. The van der Waals surface area contributed by atoms with Crippen molar-refractivity contribution in [1.29, 1.82) is 0 Å². The molecule has 4 aromatic rings. The Balaban J connectivity index is 1.52. The second kappa shape index (κ2) is 6.95. The Labute approximate surface area is 174 Å². The quantitative estimate of drug-likeness (QED) is 0.509. The molecule has 1 aromatic heterocycles. The SMILES string of the molecule is Cc1nc2ccccc2c(=O)n1-c1ccc(C(=O)N2c3ccccc3CC2C)cc1. The van der Waals surface area contributed by atoms with Gasteiger partial charge in [-0.2, -0.15) is 0 Å². The predicted molar refractivity (Wildman–Crippen MR) is 118 cm³/mol. The average Bonchev–Trinajstić information content (AvgIpc) is 3.09. The summed E-state index contributed by atoms with van der Waals surface area (Å²) in [5.74, 6) is 0.583. The fourth-order valence-electron chi connectivity index (χ4n) is 4.31. The van der Waals surface area contributed by atoms with E-state index in [0.29, 0.717) is 28.0 Å². The van der Waals surface area contributed by atoms with Gasteiger partial charge < -0.3 is 4.90 Å². The van der Waals surface area contributed by atoms with E-state index in [1.807, 2.05) is 60.4 Å². The van der Waals surface area contributed by atoms with Gasteiger partial charge in [0.15, 0.2) is 0 Å². The van der Waals surface area contributed by atoms with Crippen molar-refractivity contribution in [3.8, 4) is 5.69 Å². The molecule has 0 radical (unpaired) electrons. The molecule has 5 nitrogen and oxygen atoms in total. The van der Waals surface area contributed by atoms with E-state index in [9.17, 15) is 9.59 Å². The van der Waals surface area contributed by atoms with Gasteiger partial charge >= 0.3 is 0 Å². The van der Waals surface area contributed by atoms with Gasteiger partial charge in [-0.15, -0.1) is 0 Å². The molecule has 1 amide bonds. The van der Waals surface area contributed by atoms with Crippen molar-refractivity contribution in [3.05, 3.63) is 100 Å². The largest absolute Gasteiger partial charge is 0.305 e. The standard InChI is InChI=1S/C25H21N3O2/c1-16-15-19-7-3-6-10-23(19)27(16)24(29)18-11-13-20(14-12-18)28-17(2)26-22-9-5-4-8-21(22)25(28)30/h3-14,16H,15H2,1-2H3. The number of anilines is 1. The second-order valence-corrected chi connectivity index (χ2v) is 7.72. The number of nitrogens with zero attached hydrogens (tertiary/aromatic N) is 3. The molecular formula is C25H21N3O2. The normalized spacial score (nSPS) is 15.4. The van der Waals surface area contributed by atoms with Crippen LogP contribution in [0.1, 0.15) is 28.7 Å². The van der Waals surface area contributed by atoms with Gasteiger partial charge in [0.05, 0.1) is 16.6 Å². The minimum absolute atomic E-state index is 0.0281. The number of rotatable bonds is 2. The molecular weight excluding hydrogens is 374 g/mol. The molecule has 0 spiro atoms. The molecule has 5 rings (SSSR count). The second-order valence-electron chi connectivity index (χ2n) is 7.72. The van der Waals surface area contributed by atoms with E-state index in [0.717, 1.165) is 12.1 Å². The lowest BCUT2D eigenvalue weighted by Gasteiger charge is -2.23. The van der Waals surface area contributed by atoms with E-state index in [1.54, 1.807) is 22.8 Å². The van der Waals surface area contributed by atoms with Gasteiger partial charge in [-0.3, -0.25) is 14.2 Å². The molecule has 148 valence electrons. The highest BCUT2D eigenvalue weighted by atomic mass is 16.2. The monoisotopic (exact) mass is 395 g/mol. The molecule has 0 aliphatic carbocycles. The number of fused-ring (bicyclic) bond motifs is 2. The van der Waals surface area contributed by atoms with Crippen LogP contribution in [0, 0.1) is 6.92 Å². The van der Waals surface area contributed by atoms with Crippen molar-refractivity contribution >= 4 is 22.5 Å². The van der Waals surface area contributed by atoms with E-state index in [-0.39, 0.29) is 17.5 Å². The number of carbonyl (C=O) groups excluding carboxylic acids is 1. The first-order valence-electron chi connectivity index (χ1n) is 10.0. The minimum Gasteiger partial charge on any atom is -0.305 e. The lowest BCUT2D eigenvalue weighted by atomic mass is 10.1. The molecule has 30 heavy (non-hydrogen) atoms. The summed E-state index contributed by atoms with van der Waals surface area (Å²) in [6, 6.07) is 22.7. The number of para-hydroxylation sites is 2. The van der Waals surface area contributed by atoms with Crippen LogP contribution in [-0.4, -0.2) is 21.5 Å². The first-order chi connectivity index (χ1) is 14.5. The van der Waals surface area contributed by atoms with Crippen LogP contribution < -0.4 is 10.5 Å². The molecule has 0 fully saturated rings. The number of aromatic nitrogens is 2. The van der Waals surface area contributed by atoms with Crippen molar-refractivity contribution in [1.82, 2.24) is 9.55 Å². The lowest BCUT2D eigenvalue weighted by molar-refractivity contribution is 0.0981. The molecule has 0 saturated carbocycles. The molecule has 0 saturated heterocycles. The zero-order valence-corrected chi connectivity index (χ0v) is 16.9. The molecule has 2 heterocycles. The number of amides is 1. The van der Waals surface area contributed by atoms with Crippen LogP contribution in [0.2, 0.25) is 0 Å². The molecule has 3 aromatic carbocycles. The van der Waals surface area contributed by atoms with E-state index < -0.39 is 0 Å². The van der Waals surface area contributed by atoms with Gasteiger partial charge in [-0.1, -0.05) is 30.3 Å². The highest BCUT2D eigenvalue weighted by Gasteiger charge is 2.31. The van der Waals surface area contributed by atoms with Gasteiger partial charge in [-0.05, 0) is 68.3 Å². The third-order valence-corrected chi connectivity index (χ3v) is 5.74. The van der Waals surface area contributed by atoms with Gasteiger partial charge in [0.1, 0.15) is 5.82 Å². The van der Waals surface area contributed by atoms with Crippen molar-refractivity contribution in [3.63, 3.8) is 0 Å². The van der Waals surface area contributed by atoms with Crippen LogP contribution >= 0.6 is 0 Å². The van der Waals surface area contributed by atoms with Crippen LogP contribution in [0.4, 0.5) is 5.69 Å². The van der Waals surface area contributed by atoms with Gasteiger partial charge in [0.2, 0.25) is 0 Å². The van der Waals surface area contributed by atoms with E-state index in [1.165, 1.54) is 5.56 Å². The molecule has 1 aliphatic heterocycles. The number of aryl methyl sites for hydroxylation is 1. The summed E-state index contributed by atoms with van der Waals surface area (Å²) in [6.07, 6.45) is 0.858. The van der Waals surface area contributed by atoms with E-state index in [4.69, 9.17) is 0 Å². The van der Waals surface area contributed by atoms with E-state index >= 15 is 0 Å².